The highest BCUT2D eigenvalue weighted by Crippen LogP contribution is 2.17. The Kier molecular flexibility index (Phi) is 3.91. The highest BCUT2D eigenvalue weighted by molar-refractivity contribution is 5.90. The molecule has 0 aromatic carbocycles. The molecule has 1 heterocycles. The molecule has 0 saturated heterocycles. The molecule has 0 amide bonds. The number of carbonyl (C=O) groups is 1. The SMILES string of the molecule is CCOC(=O)c1cc(OC)nc(OC)c1. The molecule has 0 spiro atoms. The van der Waals surface area contributed by atoms with Crippen LogP contribution in [0, 0.1) is 0 Å². The van der Waals surface area contributed by atoms with E-state index in [1.54, 1.807) is 6.92 Å². The Bertz CT molecular complexity index is 329. The van der Waals surface area contributed by atoms with Crippen molar-refractivity contribution in [2.75, 3.05) is 20.8 Å². The van der Waals surface area contributed by atoms with Crippen LogP contribution in [0.3, 0.4) is 0 Å². The Hall–Kier alpha value is -1.78. The quantitative estimate of drug-likeness (QED) is 0.702. The molecule has 0 atom stereocenters. The number of esters is 1. The minimum Gasteiger partial charge on any atom is -0.481 e. The minimum absolute atomic E-state index is 0.317. The smallest absolute Gasteiger partial charge is 0.338 e. The van der Waals surface area contributed by atoms with Gasteiger partial charge < -0.3 is 14.2 Å². The topological polar surface area (TPSA) is 57.7 Å². The van der Waals surface area contributed by atoms with Crippen LogP contribution in [0.1, 0.15) is 17.3 Å². The van der Waals surface area contributed by atoms with Crippen molar-refractivity contribution in [1.82, 2.24) is 4.98 Å². The first-order valence-corrected chi connectivity index (χ1v) is 4.48. The molecule has 5 nitrogen and oxygen atoms in total. The molecule has 0 N–H and O–H groups in total. The highest BCUT2D eigenvalue weighted by atomic mass is 16.5. The van der Waals surface area contributed by atoms with E-state index in [4.69, 9.17) is 14.2 Å². The summed E-state index contributed by atoms with van der Waals surface area (Å²) in [7, 11) is 2.94. The van der Waals surface area contributed by atoms with Crippen LogP contribution in [0.5, 0.6) is 11.8 Å². The van der Waals surface area contributed by atoms with Crippen molar-refractivity contribution < 1.29 is 19.0 Å². The van der Waals surface area contributed by atoms with E-state index in [0.717, 1.165) is 0 Å². The van der Waals surface area contributed by atoms with Gasteiger partial charge in [-0.2, -0.15) is 4.98 Å². The standard InChI is InChI=1S/C10H13NO4/c1-4-15-10(12)7-5-8(13-2)11-9(6-7)14-3/h5-6H,4H2,1-3H3. The summed E-state index contributed by atoms with van der Waals surface area (Å²) in [6.45, 7) is 2.07. The molecule has 5 heteroatoms. The van der Waals surface area contributed by atoms with Crippen LogP contribution in [0.25, 0.3) is 0 Å². The van der Waals surface area contributed by atoms with Gasteiger partial charge in [-0.25, -0.2) is 4.79 Å². The Balaban J connectivity index is 3.01. The molecule has 0 fully saturated rings. The van der Waals surface area contributed by atoms with Gasteiger partial charge in [-0.15, -0.1) is 0 Å². The molecule has 0 unspecified atom stereocenters. The highest BCUT2D eigenvalue weighted by Gasteiger charge is 2.11. The summed E-state index contributed by atoms with van der Waals surface area (Å²) in [5.41, 5.74) is 0.362. The van der Waals surface area contributed by atoms with Gasteiger partial charge in [-0.3, -0.25) is 0 Å². The van der Waals surface area contributed by atoms with Crippen LogP contribution < -0.4 is 9.47 Å². The molecule has 0 aliphatic carbocycles. The maximum Gasteiger partial charge on any atom is 0.338 e. The van der Waals surface area contributed by atoms with Crippen molar-refractivity contribution in [3.05, 3.63) is 17.7 Å². The van der Waals surface area contributed by atoms with Gasteiger partial charge in [-0.1, -0.05) is 0 Å². The number of pyridine rings is 1. The zero-order chi connectivity index (χ0) is 11.3. The Morgan fingerprint density at radius 1 is 1.27 bits per heavy atom. The lowest BCUT2D eigenvalue weighted by Gasteiger charge is -2.06. The largest absolute Gasteiger partial charge is 0.481 e. The van der Waals surface area contributed by atoms with Crippen LogP contribution in [0.2, 0.25) is 0 Å². The van der Waals surface area contributed by atoms with Crippen LogP contribution in [0.15, 0.2) is 12.1 Å². The number of ether oxygens (including phenoxy) is 3. The van der Waals surface area contributed by atoms with E-state index >= 15 is 0 Å². The number of carbonyl (C=O) groups excluding carboxylic acids is 1. The first kappa shape index (κ1) is 11.3. The van der Waals surface area contributed by atoms with Crippen molar-refractivity contribution in [1.29, 1.82) is 0 Å². The molecule has 82 valence electrons. The van der Waals surface area contributed by atoms with Crippen LogP contribution >= 0.6 is 0 Å². The summed E-state index contributed by atoms with van der Waals surface area (Å²) in [5.74, 6) is 0.214. The fourth-order valence-corrected chi connectivity index (χ4v) is 1.02. The van der Waals surface area contributed by atoms with Crippen LogP contribution in [-0.2, 0) is 4.74 Å². The van der Waals surface area contributed by atoms with Crippen molar-refractivity contribution >= 4 is 5.97 Å². The first-order chi connectivity index (χ1) is 7.21. The van der Waals surface area contributed by atoms with Gasteiger partial charge in [-0.05, 0) is 6.92 Å². The summed E-state index contributed by atoms with van der Waals surface area (Å²) < 4.78 is 14.7. The van der Waals surface area contributed by atoms with E-state index in [0.29, 0.717) is 23.9 Å². The van der Waals surface area contributed by atoms with Crippen LogP contribution in [0.4, 0.5) is 0 Å². The van der Waals surface area contributed by atoms with E-state index in [1.165, 1.54) is 26.4 Å². The predicted molar refractivity (Wildman–Crippen MR) is 53.3 cm³/mol. The molecule has 15 heavy (non-hydrogen) atoms. The number of methoxy groups -OCH3 is 2. The summed E-state index contributed by atoms with van der Waals surface area (Å²) in [5, 5.41) is 0. The fourth-order valence-electron chi connectivity index (χ4n) is 1.02. The average Bonchev–Trinajstić information content (AvgIpc) is 2.28. The van der Waals surface area contributed by atoms with Crippen LogP contribution in [-0.4, -0.2) is 31.8 Å². The second-order valence-electron chi connectivity index (χ2n) is 2.66. The molecule has 1 aromatic rings. The number of hydrogen-bond acceptors (Lipinski definition) is 5. The third kappa shape index (κ3) is 2.83. The van der Waals surface area contributed by atoms with Crippen molar-refractivity contribution in [3.63, 3.8) is 0 Å². The van der Waals surface area contributed by atoms with Gasteiger partial charge in [0, 0.05) is 12.1 Å². The molecule has 0 saturated carbocycles. The van der Waals surface area contributed by atoms with Gasteiger partial charge in [0.05, 0.1) is 26.4 Å². The van der Waals surface area contributed by atoms with Gasteiger partial charge in [0.25, 0.3) is 0 Å². The van der Waals surface area contributed by atoms with E-state index in [-0.39, 0.29) is 0 Å². The minimum atomic E-state index is -0.420. The molecule has 0 bridgehead atoms. The average molecular weight is 211 g/mol. The van der Waals surface area contributed by atoms with E-state index in [2.05, 4.69) is 4.98 Å². The molecular weight excluding hydrogens is 198 g/mol. The molecule has 0 aliphatic rings. The normalized spacial score (nSPS) is 9.53. The second-order valence-corrected chi connectivity index (χ2v) is 2.66. The summed E-state index contributed by atoms with van der Waals surface area (Å²) in [6, 6.07) is 3.00. The molecular formula is C10H13NO4. The molecule has 1 aromatic heterocycles. The first-order valence-electron chi connectivity index (χ1n) is 4.48. The van der Waals surface area contributed by atoms with E-state index in [9.17, 15) is 4.79 Å². The van der Waals surface area contributed by atoms with Gasteiger partial charge in [0.1, 0.15) is 0 Å². The number of rotatable bonds is 4. The van der Waals surface area contributed by atoms with Gasteiger partial charge in [0.15, 0.2) is 0 Å². The zero-order valence-corrected chi connectivity index (χ0v) is 8.94. The third-order valence-electron chi connectivity index (χ3n) is 1.71. The maximum atomic E-state index is 11.4. The number of hydrogen-bond donors (Lipinski definition) is 0. The van der Waals surface area contributed by atoms with Crippen molar-refractivity contribution in [2.45, 2.75) is 6.92 Å². The monoisotopic (exact) mass is 211 g/mol. The third-order valence-corrected chi connectivity index (χ3v) is 1.71. The fraction of sp³-hybridized carbons (Fsp3) is 0.400. The van der Waals surface area contributed by atoms with Gasteiger partial charge >= 0.3 is 5.97 Å². The molecule has 0 radical (unpaired) electrons. The Morgan fingerprint density at radius 3 is 2.20 bits per heavy atom. The molecule has 0 aliphatic heterocycles. The molecule has 1 rings (SSSR count). The van der Waals surface area contributed by atoms with Crippen molar-refractivity contribution in [3.8, 4) is 11.8 Å². The lowest BCUT2D eigenvalue weighted by atomic mass is 10.2. The Morgan fingerprint density at radius 2 is 1.80 bits per heavy atom. The van der Waals surface area contributed by atoms with Gasteiger partial charge in [0.2, 0.25) is 11.8 Å². The second kappa shape index (κ2) is 5.19. The zero-order valence-electron chi connectivity index (χ0n) is 8.94. The lowest BCUT2D eigenvalue weighted by molar-refractivity contribution is 0.0525. The lowest BCUT2D eigenvalue weighted by Crippen LogP contribution is -2.06. The Labute approximate surface area is 88.0 Å². The van der Waals surface area contributed by atoms with E-state index in [1.807, 2.05) is 0 Å². The summed E-state index contributed by atoms with van der Waals surface area (Å²) in [4.78, 5) is 15.4. The maximum absolute atomic E-state index is 11.4. The van der Waals surface area contributed by atoms with E-state index < -0.39 is 5.97 Å². The number of nitrogens with zero attached hydrogens (tertiary/aromatic N) is 1. The number of aromatic nitrogens is 1. The summed E-state index contributed by atoms with van der Waals surface area (Å²) in [6.07, 6.45) is 0. The van der Waals surface area contributed by atoms with Crippen molar-refractivity contribution in [2.24, 2.45) is 0 Å². The predicted octanol–water partition coefficient (Wildman–Crippen LogP) is 1.28. The summed E-state index contributed by atoms with van der Waals surface area (Å²) >= 11 is 0.